The minimum atomic E-state index is -1.40. The molecule has 1 aromatic carbocycles. The molecule has 1 saturated heterocycles. The molecule has 1 aromatic rings. The number of allylic oxidation sites excluding steroid dienone is 4. The van der Waals surface area contributed by atoms with Gasteiger partial charge < -0.3 is 40.8 Å². The molecule has 10 fully saturated rings. The second kappa shape index (κ2) is 12.7. The highest BCUT2D eigenvalue weighted by atomic mass is 16.7. The minimum Gasteiger partial charge on any atom is -0.460 e. The maximum absolute atomic E-state index is 14.0. The molecule has 10 atom stereocenters. The number of ketones is 2. The number of nitrogens with one attached hydrogen (secondary N) is 2. The van der Waals surface area contributed by atoms with Crippen molar-refractivity contribution in [3.05, 3.63) is 59.2 Å². The minimum absolute atomic E-state index is 0.00731. The molecule has 326 valence electrons. The first kappa shape index (κ1) is 40.1. The Morgan fingerprint density at radius 2 is 1.70 bits per heavy atom. The van der Waals surface area contributed by atoms with E-state index in [2.05, 4.69) is 36.6 Å². The van der Waals surface area contributed by atoms with Crippen LogP contribution in [0.25, 0.3) is 0 Å². The van der Waals surface area contributed by atoms with Crippen LogP contribution in [0.2, 0.25) is 0 Å². The number of hydrogen-bond acceptors (Lipinski definition) is 11. The molecule has 0 radical (unpaired) electrons. The number of rotatable bonds is 12. The van der Waals surface area contributed by atoms with E-state index >= 15 is 0 Å². The summed E-state index contributed by atoms with van der Waals surface area (Å²) in [5, 5.41) is 28.5. The summed E-state index contributed by atoms with van der Waals surface area (Å²) in [4.78, 5) is 64.7. The van der Waals surface area contributed by atoms with Crippen molar-refractivity contribution in [2.75, 3.05) is 13.2 Å². The first-order chi connectivity index (χ1) is 28.9. The summed E-state index contributed by atoms with van der Waals surface area (Å²) < 4.78 is 19.0. The van der Waals surface area contributed by atoms with E-state index in [1.165, 1.54) is 5.56 Å². The third-order valence-electron chi connectivity index (χ3n) is 18.6. The zero-order valence-electron chi connectivity index (χ0n) is 35.6. The van der Waals surface area contributed by atoms with Crippen LogP contribution < -0.4 is 16.4 Å². The van der Waals surface area contributed by atoms with Gasteiger partial charge in [-0.2, -0.15) is 0 Å². The van der Waals surface area contributed by atoms with Crippen molar-refractivity contribution >= 4 is 29.4 Å². The van der Waals surface area contributed by atoms with E-state index in [1.54, 1.807) is 32.9 Å². The van der Waals surface area contributed by atoms with E-state index in [1.807, 2.05) is 18.2 Å². The number of esters is 1. The van der Waals surface area contributed by atoms with Crippen molar-refractivity contribution in [3.63, 3.8) is 0 Å². The van der Waals surface area contributed by atoms with Crippen LogP contribution in [0.1, 0.15) is 90.6 Å². The van der Waals surface area contributed by atoms with Crippen molar-refractivity contribution < 1.29 is 48.4 Å². The number of amides is 2. The monoisotopic (exact) mass is 837 g/mol. The molecule has 6 N–H and O–H groups in total. The second-order valence-electron chi connectivity index (χ2n) is 21.9. The van der Waals surface area contributed by atoms with Crippen molar-refractivity contribution in [1.82, 2.24) is 10.6 Å². The smallest absolute Gasteiger partial charge is 0.306 e. The first-order valence-corrected chi connectivity index (χ1v) is 22.6. The molecule has 12 rings (SSSR count). The Kier molecular flexibility index (Phi) is 8.34. The standard InChI is InChI=1S/C48H59N3O10/c1-43(2,3)60-33(57)13-12-28(50-32(56)20-49)41(58)51-47-38-35-39(47)37-40(47)36(38)46(35,37)18-22-6-8-23(9-7-22)42-59-31-17-27-26-11-10-24-16-25(53)14-15-44(24,4)34(26)29(54)19-45(27,5)48(31,61-42)30(55)21-52/h6-9,14-16,26-29,31,34-40,42,52,54H,10-13,17-21,49H2,1-5H3,(H,50,56)(H,51,58)/t26-,27-,28-,29-,31+,34+,35?,36?,37?,38?,39?,40?,42+,44-,45-,46?,47?,48+/m0/s1. The quantitative estimate of drug-likeness (QED) is 0.194. The predicted molar refractivity (Wildman–Crippen MR) is 217 cm³/mol. The van der Waals surface area contributed by atoms with Crippen LogP contribution in [-0.2, 0) is 44.6 Å². The number of aliphatic hydroxyl groups is 2. The molecule has 13 nitrogen and oxygen atoms in total. The van der Waals surface area contributed by atoms with Crippen LogP contribution in [0.3, 0.4) is 0 Å². The van der Waals surface area contributed by atoms with E-state index in [9.17, 15) is 34.2 Å². The molecular formula is C48H59N3O10. The van der Waals surface area contributed by atoms with Gasteiger partial charge in [-0.15, -0.1) is 0 Å². The van der Waals surface area contributed by atoms with E-state index in [4.69, 9.17) is 19.9 Å². The van der Waals surface area contributed by atoms with Crippen LogP contribution in [0.5, 0.6) is 0 Å². The summed E-state index contributed by atoms with van der Waals surface area (Å²) in [6.07, 6.45) is 6.86. The van der Waals surface area contributed by atoms with Crippen LogP contribution in [-0.4, -0.2) is 87.7 Å². The Hall–Kier alpha value is -3.75. The molecule has 0 aromatic heterocycles. The van der Waals surface area contributed by atoms with E-state index in [0.29, 0.717) is 48.3 Å². The summed E-state index contributed by atoms with van der Waals surface area (Å²) in [5.41, 5.74) is 5.51. The molecular weight excluding hydrogens is 779 g/mol. The third-order valence-corrected chi connectivity index (χ3v) is 18.6. The fourth-order valence-corrected chi connectivity index (χ4v) is 16.8. The lowest BCUT2D eigenvalue weighted by molar-refractivity contribution is -0.624. The van der Waals surface area contributed by atoms with Gasteiger partial charge in [0.2, 0.25) is 11.8 Å². The average molecular weight is 838 g/mol. The molecule has 1 heterocycles. The maximum Gasteiger partial charge on any atom is 0.306 e. The lowest BCUT2D eigenvalue weighted by atomic mass is 8.94. The summed E-state index contributed by atoms with van der Waals surface area (Å²) in [6, 6.07) is 7.49. The van der Waals surface area contributed by atoms with E-state index < -0.39 is 70.8 Å². The van der Waals surface area contributed by atoms with Crippen LogP contribution in [0.15, 0.2) is 48.1 Å². The Morgan fingerprint density at radius 1 is 1.02 bits per heavy atom. The molecule has 61 heavy (non-hydrogen) atoms. The van der Waals surface area contributed by atoms with Gasteiger partial charge in [-0.3, -0.25) is 24.0 Å². The fourth-order valence-electron chi connectivity index (χ4n) is 16.8. The molecule has 11 aliphatic rings. The van der Waals surface area contributed by atoms with Crippen molar-refractivity contribution in [2.45, 2.75) is 121 Å². The fraction of sp³-hybridized carbons (Fsp3) is 0.688. The summed E-state index contributed by atoms with van der Waals surface area (Å²) >= 11 is 0. The highest BCUT2D eigenvalue weighted by Gasteiger charge is 3.09. The number of carbonyl (C=O) groups is 5. The number of Topliss-reactive ketones (excluding diaryl/α,β-unsaturated/α-hetero) is 1. The number of hydrogen-bond donors (Lipinski definition) is 5. The molecule has 0 bridgehead atoms. The summed E-state index contributed by atoms with van der Waals surface area (Å²) in [6.45, 7) is 8.64. The molecule has 2 amide bonds. The Morgan fingerprint density at radius 3 is 2.34 bits per heavy atom. The largest absolute Gasteiger partial charge is 0.460 e. The average Bonchev–Trinajstić information content (AvgIpc) is 3.72. The van der Waals surface area contributed by atoms with E-state index in [0.717, 1.165) is 30.4 Å². The number of ether oxygens (including phenoxy) is 3. The molecule has 0 spiro atoms. The van der Waals surface area contributed by atoms with Crippen molar-refractivity contribution in [2.24, 2.45) is 75.2 Å². The molecule has 9 saturated carbocycles. The highest BCUT2D eigenvalue weighted by molar-refractivity contribution is 6.01. The number of aliphatic hydroxyl groups excluding tert-OH is 2. The first-order valence-electron chi connectivity index (χ1n) is 22.6. The zero-order valence-corrected chi connectivity index (χ0v) is 35.6. The number of carbonyl (C=O) groups excluding carboxylic acids is 5. The van der Waals surface area contributed by atoms with Gasteiger partial charge in [0.15, 0.2) is 23.5 Å². The van der Waals surface area contributed by atoms with Crippen LogP contribution >= 0.6 is 0 Å². The van der Waals surface area contributed by atoms with Crippen molar-refractivity contribution in [3.8, 4) is 0 Å². The lowest BCUT2D eigenvalue weighted by Crippen LogP contribution is -3.15. The molecule has 0 unspecified atom stereocenters. The van der Waals surface area contributed by atoms with Crippen LogP contribution in [0.4, 0.5) is 0 Å². The lowest BCUT2D eigenvalue weighted by Gasteiger charge is -3.11. The van der Waals surface area contributed by atoms with Crippen molar-refractivity contribution in [1.29, 1.82) is 0 Å². The van der Waals surface area contributed by atoms with E-state index in [-0.39, 0.29) is 59.8 Å². The molecule has 13 heteroatoms. The van der Waals surface area contributed by atoms with Gasteiger partial charge >= 0.3 is 5.97 Å². The van der Waals surface area contributed by atoms with Gasteiger partial charge in [0.05, 0.1) is 24.3 Å². The highest BCUT2D eigenvalue weighted by Crippen LogP contribution is 3.07. The second-order valence-corrected chi connectivity index (χ2v) is 21.9. The normalized spacial score (nSPS) is 47.2. The topological polar surface area (TPSA) is 204 Å². The summed E-state index contributed by atoms with van der Waals surface area (Å²) in [5.74, 6) is 1.56. The number of nitrogens with two attached hydrogens (primary N) is 1. The Bertz CT molecular complexity index is 2160. The van der Waals surface area contributed by atoms with Gasteiger partial charge in [0, 0.05) is 28.7 Å². The number of benzene rings is 1. The number of fused-ring (bicyclic) bond motifs is 7. The van der Waals surface area contributed by atoms with Crippen LogP contribution in [0, 0.1) is 69.5 Å². The van der Waals surface area contributed by atoms with Gasteiger partial charge in [0.1, 0.15) is 18.2 Å². The molecule has 1 aliphatic heterocycles. The SMILES string of the molecule is CC(C)(C)OC(=O)CC[C@H](NC(=O)CN)C(=O)NC12C3C4C1C1C2C3C41Cc1ccc([C@@H]2O[C@@H]3C[C@H]4[C@@H]5CCC6=CC(=O)C=C[C@]6(C)[C@H]5[C@@H](O)C[C@]4(C)[C@]3(C(=O)CO)O2)cc1. The Balaban J connectivity index is 0.749. The summed E-state index contributed by atoms with van der Waals surface area (Å²) in [7, 11) is 0. The Labute approximate surface area is 355 Å². The predicted octanol–water partition coefficient (Wildman–Crippen LogP) is 3.00. The van der Waals surface area contributed by atoms with Gasteiger partial charge in [0.25, 0.3) is 0 Å². The zero-order chi connectivity index (χ0) is 43.0. The van der Waals surface area contributed by atoms with Gasteiger partial charge in [-0.1, -0.05) is 49.8 Å². The van der Waals surface area contributed by atoms with Gasteiger partial charge in [-0.25, -0.2) is 0 Å². The maximum atomic E-state index is 14.0. The molecule has 10 aliphatic carbocycles. The third kappa shape index (κ3) is 4.77. The van der Waals surface area contributed by atoms with Gasteiger partial charge in [-0.05, 0) is 130 Å².